The average Bonchev–Trinajstić information content (AvgIpc) is 2.46. The van der Waals surface area contributed by atoms with Gasteiger partial charge in [-0.1, -0.05) is 18.2 Å². The summed E-state index contributed by atoms with van der Waals surface area (Å²) in [6, 6.07) is 9.47. The van der Waals surface area contributed by atoms with Gasteiger partial charge in [-0.05, 0) is 25.1 Å². The number of anilines is 1. The van der Waals surface area contributed by atoms with Crippen molar-refractivity contribution in [1.82, 2.24) is 9.88 Å². The number of nitrogens with zero attached hydrogens (tertiary/aromatic N) is 2. The first kappa shape index (κ1) is 20.4. The quantitative estimate of drug-likeness (QED) is 0.817. The van der Waals surface area contributed by atoms with E-state index in [1.54, 1.807) is 25.1 Å². The van der Waals surface area contributed by atoms with Gasteiger partial charge in [0.15, 0.2) is 0 Å². The van der Waals surface area contributed by atoms with Gasteiger partial charge in [0, 0.05) is 26.0 Å². The topological polar surface area (TPSA) is 71.2 Å². The standard InChI is InChI=1S/C15H20N4O.2ClH/c1-19(2)15(20)12-10-14(17-9-5-8-16)18-13-7-4-3-6-11(12)13;;/h3-4,6-7,10H,5,8-9,16H2,1-2H3,(H,17,18);2*1H. The van der Waals surface area contributed by atoms with Gasteiger partial charge in [-0.3, -0.25) is 4.79 Å². The van der Waals surface area contributed by atoms with E-state index < -0.39 is 0 Å². The molecule has 0 bridgehead atoms. The van der Waals surface area contributed by atoms with E-state index in [-0.39, 0.29) is 30.7 Å². The molecule has 0 aliphatic rings. The van der Waals surface area contributed by atoms with E-state index in [4.69, 9.17) is 5.73 Å². The van der Waals surface area contributed by atoms with E-state index in [2.05, 4.69) is 10.3 Å². The van der Waals surface area contributed by atoms with Gasteiger partial charge in [-0.25, -0.2) is 4.98 Å². The fourth-order valence-corrected chi connectivity index (χ4v) is 2.00. The third-order valence-electron chi connectivity index (χ3n) is 3.04. The molecule has 0 radical (unpaired) electrons. The van der Waals surface area contributed by atoms with Crippen LogP contribution in [0.5, 0.6) is 0 Å². The van der Waals surface area contributed by atoms with Gasteiger partial charge < -0.3 is 16.0 Å². The number of rotatable bonds is 5. The molecule has 3 N–H and O–H groups in total. The van der Waals surface area contributed by atoms with Crippen LogP contribution in [0, 0.1) is 0 Å². The van der Waals surface area contributed by atoms with Crippen molar-refractivity contribution in [2.24, 2.45) is 5.73 Å². The summed E-state index contributed by atoms with van der Waals surface area (Å²) >= 11 is 0. The molecule has 0 unspecified atom stereocenters. The minimum absolute atomic E-state index is 0. The molecule has 0 spiro atoms. The summed E-state index contributed by atoms with van der Waals surface area (Å²) in [6.07, 6.45) is 0.867. The molecule has 0 fully saturated rings. The Balaban J connectivity index is 0.00000220. The fourth-order valence-electron chi connectivity index (χ4n) is 2.00. The molecule has 22 heavy (non-hydrogen) atoms. The molecule has 5 nitrogen and oxygen atoms in total. The number of aromatic nitrogens is 1. The lowest BCUT2D eigenvalue weighted by atomic mass is 10.1. The lowest BCUT2D eigenvalue weighted by molar-refractivity contribution is 0.0829. The first-order valence-electron chi connectivity index (χ1n) is 6.69. The second-order valence-corrected chi connectivity index (χ2v) is 4.84. The molecule has 1 aromatic heterocycles. The minimum Gasteiger partial charge on any atom is -0.370 e. The lowest BCUT2D eigenvalue weighted by Crippen LogP contribution is -2.22. The molecule has 0 saturated heterocycles. The summed E-state index contributed by atoms with van der Waals surface area (Å²) in [6.45, 7) is 1.38. The number of amides is 1. The molecule has 1 heterocycles. The molecule has 2 rings (SSSR count). The number of nitrogens with two attached hydrogens (primary N) is 1. The number of carbonyl (C=O) groups excluding carboxylic acids is 1. The van der Waals surface area contributed by atoms with Crippen molar-refractivity contribution in [3.8, 4) is 0 Å². The molecule has 122 valence electrons. The van der Waals surface area contributed by atoms with Crippen LogP contribution in [0.4, 0.5) is 5.82 Å². The zero-order valence-corrected chi connectivity index (χ0v) is 14.3. The van der Waals surface area contributed by atoms with Crippen molar-refractivity contribution in [1.29, 1.82) is 0 Å². The maximum atomic E-state index is 12.3. The Morgan fingerprint density at radius 2 is 1.95 bits per heavy atom. The predicted molar refractivity (Wildman–Crippen MR) is 96.4 cm³/mol. The van der Waals surface area contributed by atoms with Crippen LogP contribution in [0.25, 0.3) is 10.9 Å². The zero-order valence-electron chi connectivity index (χ0n) is 12.7. The first-order chi connectivity index (χ1) is 9.63. The Kier molecular flexibility index (Phi) is 8.79. The predicted octanol–water partition coefficient (Wildman–Crippen LogP) is 2.54. The molecular weight excluding hydrogens is 323 g/mol. The fraction of sp³-hybridized carbons (Fsp3) is 0.333. The van der Waals surface area contributed by atoms with E-state index in [1.165, 1.54) is 0 Å². The molecule has 0 saturated carbocycles. The first-order valence-corrected chi connectivity index (χ1v) is 6.69. The third-order valence-corrected chi connectivity index (χ3v) is 3.04. The van der Waals surface area contributed by atoms with Crippen LogP contribution in [0.1, 0.15) is 16.8 Å². The molecular formula is C15H22Cl2N4O. The number of hydrogen-bond acceptors (Lipinski definition) is 4. The van der Waals surface area contributed by atoms with Crippen molar-refractivity contribution >= 4 is 47.4 Å². The highest BCUT2D eigenvalue weighted by Crippen LogP contribution is 2.21. The molecule has 0 aliphatic heterocycles. The molecule has 1 amide bonds. The van der Waals surface area contributed by atoms with Crippen molar-refractivity contribution < 1.29 is 4.79 Å². The number of halogens is 2. The molecule has 7 heteroatoms. The second kappa shape index (κ2) is 9.46. The highest BCUT2D eigenvalue weighted by Gasteiger charge is 2.14. The van der Waals surface area contributed by atoms with Crippen molar-refractivity contribution in [3.05, 3.63) is 35.9 Å². The molecule has 0 aliphatic carbocycles. The summed E-state index contributed by atoms with van der Waals surface area (Å²) in [5, 5.41) is 4.08. The smallest absolute Gasteiger partial charge is 0.254 e. The van der Waals surface area contributed by atoms with Crippen molar-refractivity contribution in [2.45, 2.75) is 6.42 Å². The summed E-state index contributed by atoms with van der Waals surface area (Å²) in [4.78, 5) is 18.4. The SMILES string of the molecule is CN(C)C(=O)c1cc(NCCCN)nc2ccccc12.Cl.Cl. The number of hydrogen-bond donors (Lipinski definition) is 2. The lowest BCUT2D eigenvalue weighted by Gasteiger charge is -2.14. The van der Waals surface area contributed by atoms with Gasteiger partial charge in [0.1, 0.15) is 5.82 Å². The highest BCUT2D eigenvalue weighted by atomic mass is 35.5. The average molecular weight is 345 g/mol. The largest absolute Gasteiger partial charge is 0.370 e. The van der Waals surface area contributed by atoms with E-state index in [1.807, 2.05) is 24.3 Å². The van der Waals surface area contributed by atoms with E-state index >= 15 is 0 Å². The highest BCUT2D eigenvalue weighted by molar-refractivity contribution is 6.06. The zero-order chi connectivity index (χ0) is 14.5. The Morgan fingerprint density at radius 3 is 2.59 bits per heavy atom. The monoisotopic (exact) mass is 344 g/mol. The number of benzene rings is 1. The van der Waals surface area contributed by atoms with E-state index in [9.17, 15) is 4.79 Å². The van der Waals surface area contributed by atoms with Crippen LogP contribution in [0.15, 0.2) is 30.3 Å². The van der Waals surface area contributed by atoms with Gasteiger partial charge in [-0.2, -0.15) is 0 Å². The van der Waals surface area contributed by atoms with Gasteiger partial charge >= 0.3 is 0 Å². The second-order valence-electron chi connectivity index (χ2n) is 4.84. The third kappa shape index (κ3) is 4.73. The van der Waals surface area contributed by atoms with E-state index in [0.29, 0.717) is 17.9 Å². The van der Waals surface area contributed by atoms with Crippen LogP contribution in [0.2, 0.25) is 0 Å². The Bertz CT molecular complexity index is 620. The van der Waals surface area contributed by atoms with Gasteiger partial charge in [-0.15, -0.1) is 24.8 Å². The van der Waals surface area contributed by atoms with Crippen LogP contribution in [-0.2, 0) is 0 Å². The van der Waals surface area contributed by atoms with Gasteiger partial charge in [0.2, 0.25) is 0 Å². The number of nitrogens with one attached hydrogen (secondary N) is 1. The van der Waals surface area contributed by atoms with Crippen molar-refractivity contribution in [2.75, 3.05) is 32.5 Å². The number of para-hydroxylation sites is 1. The number of pyridine rings is 1. The summed E-state index contributed by atoms with van der Waals surface area (Å²) in [5.41, 5.74) is 6.96. The number of carbonyl (C=O) groups is 1. The minimum atomic E-state index is -0.0227. The number of fused-ring (bicyclic) bond motifs is 1. The van der Waals surface area contributed by atoms with Crippen molar-refractivity contribution in [3.63, 3.8) is 0 Å². The maximum absolute atomic E-state index is 12.3. The van der Waals surface area contributed by atoms with Crippen LogP contribution in [0.3, 0.4) is 0 Å². The molecule has 0 atom stereocenters. The Labute approximate surface area is 143 Å². The Morgan fingerprint density at radius 1 is 1.27 bits per heavy atom. The van der Waals surface area contributed by atoms with Crippen LogP contribution >= 0.6 is 24.8 Å². The van der Waals surface area contributed by atoms with Crippen LogP contribution < -0.4 is 11.1 Å². The van der Waals surface area contributed by atoms with E-state index in [0.717, 1.165) is 23.9 Å². The van der Waals surface area contributed by atoms with Crippen LogP contribution in [-0.4, -0.2) is 43.0 Å². The summed E-state index contributed by atoms with van der Waals surface area (Å²) in [5.74, 6) is 0.688. The molecule has 2 aromatic rings. The summed E-state index contributed by atoms with van der Waals surface area (Å²) < 4.78 is 0. The Hall–Kier alpha value is -1.56. The van der Waals surface area contributed by atoms with Gasteiger partial charge in [0.25, 0.3) is 5.91 Å². The normalized spacial score (nSPS) is 9.59. The summed E-state index contributed by atoms with van der Waals surface area (Å²) in [7, 11) is 3.50. The maximum Gasteiger partial charge on any atom is 0.254 e. The molecule has 1 aromatic carbocycles. The van der Waals surface area contributed by atoms with Gasteiger partial charge in [0.05, 0.1) is 11.1 Å².